The fourth-order valence-electron chi connectivity index (χ4n) is 16.0. The molecule has 0 aromatic heterocycles. The molecule has 10 atom stereocenters. The predicted molar refractivity (Wildman–Crippen MR) is 257 cm³/mol. The Morgan fingerprint density at radius 2 is 1.76 bits per heavy atom. The number of carbonyl (C=O) groups is 2. The quantitative estimate of drug-likeness (QED) is 0.124. The van der Waals surface area contributed by atoms with E-state index in [1.54, 1.807) is 6.07 Å². The average Bonchev–Trinajstić information content (AvgIpc) is 4.00. The van der Waals surface area contributed by atoms with Crippen LogP contribution in [0.4, 0.5) is 0 Å². The van der Waals surface area contributed by atoms with Crippen LogP contribution in [0.25, 0.3) is 16.7 Å². The van der Waals surface area contributed by atoms with Crippen molar-refractivity contribution in [3.63, 3.8) is 0 Å². The van der Waals surface area contributed by atoms with E-state index in [2.05, 4.69) is 103 Å². The molecule has 3 aromatic carbocycles. The Morgan fingerprint density at radius 3 is 2.59 bits per heavy atom. The average molecular weight is 884 g/mol. The van der Waals surface area contributed by atoms with E-state index in [1.807, 2.05) is 19.2 Å². The highest BCUT2D eigenvalue weighted by molar-refractivity contribution is 6.07. The smallest absolute Gasteiger partial charge is 0.340 e. The Balaban J connectivity index is 1.02. The minimum absolute atomic E-state index is 0.00308. The minimum Gasteiger partial charge on any atom is -0.508 e. The molecule has 66 heavy (non-hydrogen) atoms. The van der Waals surface area contributed by atoms with Gasteiger partial charge in [0.15, 0.2) is 0 Å². The molecule has 8 nitrogen and oxygen atoms in total. The molecule has 10 aliphatic rings. The topological polar surface area (TPSA) is 109 Å². The number of aromatic hydroxyl groups is 1. The summed E-state index contributed by atoms with van der Waals surface area (Å²) in [4.78, 5) is 30.2. The number of rotatable bonds is 9. The number of fused-ring (bicyclic) bond motifs is 2. The van der Waals surface area contributed by atoms with Crippen LogP contribution in [0.15, 0.2) is 125 Å². The molecule has 3 aromatic rings. The summed E-state index contributed by atoms with van der Waals surface area (Å²) in [7, 11) is 4.03. The molecule has 0 unspecified atom stereocenters. The summed E-state index contributed by atoms with van der Waals surface area (Å²) < 4.78 is 13.5. The van der Waals surface area contributed by atoms with Gasteiger partial charge in [0.05, 0.1) is 17.2 Å². The molecule has 3 heterocycles. The fourth-order valence-corrected chi connectivity index (χ4v) is 16.0. The van der Waals surface area contributed by atoms with Crippen molar-refractivity contribution in [2.24, 2.45) is 51.8 Å². The SMILES string of the molecule is CC[C@H](/C=C1\OC(=O)C2=C(c3cc(O)ccc3-c3cccc(CNC)c3)[C@@H]3CC[C@@]21[C@H]1C2=C(CC[C@@H]31)C(=C1CC[C@]34C=C[C@H]5CN[C@H](NC)C[C@H]5[C@]3(CCC4)C1)OC2=O)Cc1ccccc1. The number of allylic oxidation sites excluding steroid dienone is 6. The molecule has 2 saturated heterocycles. The van der Waals surface area contributed by atoms with Crippen LogP contribution in [-0.2, 0) is 32.0 Å². The van der Waals surface area contributed by atoms with Crippen molar-refractivity contribution in [2.45, 2.75) is 103 Å². The van der Waals surface area contributed by atoms with Gasteiger partial charge in [-0.2, -0.15) is 0 Å². The first kappa shape index (κ1) is 42.3. The normalized spacial score (nSPS) is 36.1. The van der Waals surface area contributed by atoms with E-state index in [9.17, 15) is 5.11 Å². The number of phenols is 1. The summed E-state index contributed by atoms with van der Waals surface area (Å²) in [5.41, 5.74) is 9.82. The molecule has 4 N–H and O–H groups in total. The number of phenolic OH excluding ortho intramolecular Hbond substituents is 1. The summed E-state index contributed by atoms with van der Waals surface area (Å²) >= 11 is 0. The van der Waals surface area contributed by atoms with Crippen LogP contribution >= 0.6 is 0 Å². The zero-order valence-corrected chi connectivity index (χ0v) is 38.9. The van der Waals surface area contributed by atoms with Gasteiger partial charge in [-0.25, -0.2) is 9.59 Å². The van der Waals surface area contributed by atoms with Crippen LogP contribution in [0.5, 0.6) is 5.75 Å². The largest absolute Gasteiger partial charge is 0.508 e. The van der Waals surface area contributed by atoms with E-state index in [1.165, 1.54) is 30.4 Å². The molecular weight excluding hydrogens is 819 g/mol. The van der Waals surface area contributed by atoms with Crippen molar-refractivity contribution in [3.05, 3.63) is 142 Å². The molecule has 342 valence electrons. The highest BCUT2D eigenvalue weighted by Crippen LogP contribution is 2.74. The van der Waals surface area contributed by atoms with E-state index in [4.69, 9.17) is 9.47 Å². The number of hydrogen-bond acceptors (Lipinski definition) is 8. The molecule has 8 heteroatoms. The van der Waals surface area contributed by atoms with Crippen molar-refractivity contribution >= 4 is 17.5 Å². The third-order valence-electron chi connectivity index (χ3n) is 18.8. The number of piperidine rings is 1. The molecule has 13 rings (SSSR count). The molecule has 7 aliphatic carbocycles. The first-order valence-corrected chi connectivity index (χ1v) is 25.3. The molecule has 3 aliphatic heterocycles. The zero-order valence-electron chi connectivity index (χ0n) is 38.9. The fraction of sp³-hybridized carbons (Fsp3) is 0.483. The Kier molecular flexibility index (Phi) is 10.3. The third kappa shape index (κ3) is 6.19. The molecule has 3 saturated carbocycles. The third-order valence-corrected chi connectivity index (χ3v) is 18.8. The predicted octanol–water partition coefficient (Wildman–Crippen LogP) is 10.5. The van der Waals surface area contributed by atoms with Gasteiger partial charge < -0.3 is 30.5 Å². The van der Waals surface area contributed by atoms with E-state index in [-0.39, 0.29) is 52.2 Å². The van der Waals surface area contributed by atoms with Gasteiger partial charge in [0, 0.05) is 30.2 Å². The van der Waals surface area contributed by atoms with Gasteiger partial charge in [-0.15, -0.1) is 0 Å². The maximum Gasteiger partial charge on any atom is 0.340 e. The van der Waals surface area contributed by atoms with Gasteiger partial charge in [-0.05, 0) is 195 Å². The number of ether oxygens (including phenoxy) is 2. The molecule has 1 spiro atoms. The Bertz CT molecular complexity index is 2680. The van der Waals surface area contributed by atoms with Crippen molar-refractivity contribution in [2.75, 3.05) is 20.6 Å². The van der Waals surface area contributed by atoms with Crippen LogP contribution in [0.2, 0.25) is 0 Å². The molecule has 5 fully saturated rings. The number of hydrogen-bond donors (Lipinski definition) is 4. The van der Waals surface area contributed by atoms with Gasteiger partial charge in [-0.1, -0.05) is 80.1 Å². The van der Waals surface area contributed by atoms with Crippen molar-refractivity contribution in [3.8, 4) is 16.9 Å². The summed E-state index contributed by atoms with van der Waals surface area (Å²) in [5, 5.41) is 21.9. The van der Waals surface area contributed by atoms with Crippen LogP contribution in [0.3, 0.4) is 0 Å². The van der Waals surface area contributed by atoms with E-state index in [0.717, 1.165) is 122 Å². The van der Waals surface area contributed by atoms with Crippen LogP contribution in [-0.4, -0.2) is 43.9 Å². The highest BCUT2D eigenvalue weighted by atomic mass is 16.6. The van der Waals surface area contributed by atoms with Gasteiger partial charge in [-0.3, -0.25) is 0 Å². The first-order chi connectivity index (χ1) is 32.2. The Labute approximate surface area is 390 Å². The summed E-state index contributed by atoms with van der Waals surface area (Å²) in [6, 6.07) is 24.8. The zero-order chi connectivity index (χ0) is 45.0. The second-order valence-corrected chi connectivity index (χ2v) is 21.5. The maximum absolute atomic E-state index is 15.1. The van der Waals surface area contributed by atoms with Crippen molar-refractivity contribution in [1.29, 1.82) is 0 Å². The monoisotopic (exact) mass is 883 g/mol. The summed E-state index contributed by atoms with van der Waals surface area (Å²) in [5.74, 6) is 2.31. The highest BCUT2D eigenvalue weighted by Gasteiger charge is 2.69. The van der Waals surface area contributed by atoms with Gasteiger partial charge >= 0.3 is 11.9 Å². The van der Waals surface area contributed by atoms with Gasteiger partial charge in [0.25, 0.3) is 0 Å². The lowest BCUT2D eigenvalue weighted by Gasteiger charge is -2.59. The number of carbonyl (C=O) groups excluding carboxylic acids is 2. The Hall–Kier alpha value is -5.02. The van der Waals surface area contributed by atoms with E-state index in [0.29, 0.717) is 29.3 Å². The number of nitrogens with one attached hydrogen (secondary N) is 3. The van der Waals surface area contributed by atoms with Gasteiger partial charge in [0.1, 0.15) is 17.3 Å². The van der Waals surface area contributed by atoms with Crippen LogP contribution in [0.1, 0.15) is 101 Å². The van der Waals surface area contributed by atoms with Gasteiger partial charge in [0.2, 0.25) is 0 Å². The second kappa shape index (κ2) is 16.1. The van der Waals surface area contributed by atoms with Crippen LogP contribution in [0, 0.1) is 51.8 Å². The lowest BCUT2D eigenvalue weighted by molar-refractivity contribution is -0.135. The second-order valence-electron chi connectivity index (χ2n) is 21.5. The molecular formula is C58H65N3O5. The summed E-state index contributed by atoms with van der Waals surface area (Å²) in [6.07, 6.45) is 20.6. The lowest BCUT2D eigenvalue weighted by atomic mass is 9.44. The lowest BCUT2D eigenvalue weighted by Crippen LogP contribution is -2.58. The minimum atomic E-state index is -0.836. The number of esters is 2. The van der Waals surface area contributed by atoms with E-state index >= 15 is 9.59 Å². The summed E-state index contributed by atoms with van der Waals surface area (Å²) in [6.45, 7) is 3.94. The molecule has 2 bridgehead atoms. The van der Waals surface area contributed by atoms with E-state index < -0.39 is 5.41 Å². The van der Waals surface area contributed by atoms with Crippen molar-refractivity contribution < 1.29 is 24.2 Å². The molecule has 0 amide bonds. The Morgan fingerprint density at radius 1 is 0.894 bits per heavy atom. The maximum atomic E-state index is 15.1. The number of cyclic esters (lactones) is 2. The standard InChI is InChI=1S/C58H65N3O5/c1-4-34(26-35-10-6-5-7-11-35)28-47-58-25-20-42(49(52(58)55(64)65-47)45-29-40(62)14-15-41(45)37-13-8-12-36(27-37)32-59-2)43-16-17-44-50(51(43)58)54(63)66-53(44)38-18-23-56-21-9-22-57(56,31-38)46-30-48(60-3)61-33-39(46)19-24-56/h5-8,10-15,19,24,27-29,34,39,42-43,46,48,51,59-62H,4,9,16-18,20-23,25-26,30-33H2,1-3H3/b47-28-,53-38?/t34-,39-,42+,43-,46+,48-,51+,56+,57-,58+/m0/s1. The molecule has 0 radical (unpaired) electrons. The van der Waals surface area contributed by atoms with Crippen molar-refractivity contribution in [1.82, 2.24) is 16.0 Å². The van der Waals surface area contributed by atoms with Crippen LogP contribution < -0.4 is 16.0 Å². The number of benzene rings is 3. The first-order valence-electron chi connectivity index (χ1n) is 25.3.